The third-order valence-corrected chi connectivity index (χ3v) is 3.57. The number of benzene rings is 2. The zero-order chi connectivity index (χ0) is 15.6. The Kier molecular flexibility index (Phi) is 5.12. The Morgan fingerprint density at radius 2 is 1.14 bits per heavy atom. The quantitative estimate of drug-likeness (QED) is 0.669. The van der Waals surface area contributed by atoms with Crippen molar-refractivity contribution in [2.45, 2.75) is 0 Å². The number of halogens is 4. The molecule has 0 heterocycles. The second-order valence-electron chi connectivity index (χ2n) is 3.93. The third-order valence-electron chi connectivity index (χ3n) is 2.54. The van der Waals surface area contributed by atoms with Gasteiger partial charge in [-0.05, 0) is 47.5 Å². The maximum Gasteiger partial charge on any atom is 0.253 e. The minimum absolute atomic E-state index is 0.172. The lowest BCUT2D eigenvalue weighted by molar-refractivity contribution is 0.107. The van der Waals surface area contributed by atoms with Crippen LogP contribution in [0.25, 0.3) is 0 Å². The first-order valence-corrected chi connectivity index (χ1v) is 7.06. The molecule has 0 fully saturated rings. The van der Waals surface area contributed by atoms with E-state index in [9.17, 15) is 9.59 Å². The fraction of sp³-hybridized carbons (Fsp3) is 0. The summed E-state index contributed by atoms with van der Waals surface area (Å²) in [6.45, 7) is 0. The lowest BCUT2D eigenvalue weighted by atomic mass is 10.2. The Balaban J connectivity index is 2.26. The molecule has 108 valence electrons. The molecule has 0 spiro atoms. The summed E-state index contributed by atoms with van der Waals surface area (Å²) in [6.07, 6.45) is 0. The zero-order valence-electron chi connectivity index (χ0n) is 10.2. The van der Waals surface area contributed by atoms with Crippen LogP contribution in [0, 0.1) is 0 Å². The number of hydrogen-bond donors (Lipinski definition) is 0. The van der Waals surface area contributed by atoms with Crippen LogP contribution in [0.15, 0.2) is 36.4 Å². The van der Waals surface area contributed by atoms with Crippen molar-refractivity contribution in [3.63, 3.8) is 0 Å². The van der Waals surface area contributed by atoms with Crippen LogP contribution in [0.4, 0.5) is 0 Å². The summed E-state index contributed by atoms with van der Waals surface area (Å²) in [7, 11) is 0. The number of carbonyl (C=O) groups excluding carboxylic acids is 2. The van der Waals surface area contributed by atoms with Crippen LogP contribution in [0.2, 0.25) is 10.0 Å². The van der Waals surface area contributed by atoms with Gasteiger partial charge in [-0.3, -0.25) is 9.59 Å². The lowest BCUT2D eigenvalue weighted by Gasteiger charge is -2.08. The van der Waals surface area contributed by atoms with Crippen LogP contribution in [0.3, 0.4) is 0 Å². The van der Waals surface area contributed by atoms with Crippen LogP contribution >= 0.6 is 46.4 Å². The topological polar surface area (TPSA) is 43.4 Å². The first kappa shape index (κ1) is 16.1. The van der Waals surface area contributed by atoms with Gasteiger partial charge in [-0.15, -0.1) is 0 Å². The molecule has 0 unspecified atom stereocenters. The Bertz CT molecular complexity index is 667. The number of rotatable bonds is 4. The summed E-state index contributed by atoms with van der Waals surface area (Å²) in [5, 5.41) is -0.962. The van der Waals surface area contributed by atoms with E-state index in [4.69, 9.17) is 51.1 Å². The van der Waals surface area contributed by atoms with Crippen molar-refractivity contribution in [3.8, 4) is 11.5 Å². The molecule has 21 heavy (non-hydrogen) atoms. The van der Waals surface area contributed by atoms with E-state index < -0.39 is 10.5 Å². The summed E-state index contributed by atoms with van der Waals surface area (Å²) in [5.41, 5.74) is 0.374. The van der Waals surface area contributed by atoms with E-state index in [0.717, 1.165) is 0 Å². The van der Waals surface area contributed by atoms with E-state index in [1.54, 1.807) is 0 Å². The van der Waals surface area contributed by atoms with Gasteiger partial charge < -0.3 is 4.74 Å². The first-order chi connectivity index (χ1) is 9.88. The van der Waals surface area contributed by atoms with Crippen molar-refractivity contribution in [1.29, 1.82) is 0 Å². The molecular weight excluding hydrogens is 358 g/mol. The van der Waals surface area contributed by atoms with Crippen molar-refractivity contribution in [1.82, 2.24) is 0 Å². The van der Waals surface area contributed by atoms with E-state index in [1.165, 1.54) is 36.4 Å². The monoisotopic (exact) mass is 362 g/mol. The maximum atomic E-state index is 11.1. The van der Waals surface area contributed by atoms with Crippen LogP contribution < -0.4 is 4.74 Å². The van der Waals surface area contributed by atoms with Gasteiger partial charge >= 0.3 is 0 Å². The highest BCUT2D eigenvalue weighted by molar-refractivity contribution is 6.69. The van der Waals surface area contributed by atoms with Crippen LogP contribution in [-0.2, 0) is 0 Å². The van der Waals surface area contributed by atoms with Gasteiger partial charge in [0.1, 0.15) is 11.5 Å². The largest absolute Gasteiger partial charge is 0.457 e. The Labute approximate surface area is 140 Å². The smallest absolute Gasteiger partial charge is 0.253 e. The molecule has 7 heteroatoms. The molecule has 0 radical (unpaired) electrons. The molecule has 0 saturated heterocycles. The van der Waals surface area contributed by atoms with Gasteiger partial charge in [0, 0.05) is 12.1 Å². The summed E-state index contributed by atoms with van der Waals surface area (Å²) in [5.74, 6) is 0.783. The third kappa shape index (κ3) is 3.89. The van der Waals surface area contributed by atoms with Gasteiger partial charge in [0.05, 0.1) is 21.2 Å². The summed E-state index contributed by atoms with van der Waals surface area (Å²) < 4.78 is 5.53. The van der Waals surface area contributed by atoms with Crippen LogP contribution in [0.5, 0.6) is 11.5 Å². The molecule has 0 aromatic heterocycles. The maximum absolute atomic E-state index is 11.1. The normalized spacial score (nSPS) is 10.3. The first-order valence-electron chi connectivity index (χ1n) is 5.55. The second-order valence-corrected chi connectivity index (χ2v) is 5.43. The van der Waals surface area contributed by atoms with Gasteiger partial charge in [-0.25, -0.2) is 0 Å². The van der Waals surface area contributed by atoms with E-state index in [0.29, 0.717) is 11.5 Å². The van der Waals surface area contributed by atoms with Crippen molar-refractivity contribution < 1.29 is 14.3 Å². The molecule has 3 nitrogen and oxygen atoms in total. The Hall–Kier alpha value is -1.26. The molecule has 0 amide bonds. The fourth-order valence-corrected chi connectivity index (χ4v) is 2.51. The van der Waals surface area contributed by atoms with Gasteiger partial charge in [-0.1, -0.05) is 23.2 Å². The molecule has 0 aliphatic carbocycles. The standard InChI is InChI=1S/C14H6Cl4O3/c15-11-5-7(1-3-9(11)13(17)19)21-8-2-4-10(14(18)20)12(16)6-8/h1-6H. The molecule has 0 aliphatic rings. The average molecular weight is 364 g/mol. The number of ether oxygens (including phenoxy) is 1. The van der Waals surface area contributed by atoms with Crippen molar-refractivity contribution in [3.05, 3.63) is 57.6 Å². The minimum Gasteiger partial charge on any atom is -0.457 e. The Morgan fingerprint density at radius 1 is 0.762 bits per heavy atom. The van der Waals surface area contributed by atoms with E-state index >= 15 is 0 Å². The highest BCUT2D eigenvalue weighted by Gasteiger charge is 2.11. The highest BCUT2D eigenvalue weighted by Crippen LogP contribution is 2.30. The average Bonchev–Trinajstić information content (AvgIpc) is 2.37. The molecule has 2 aromatic carbocycles. The summed E-state index contributed by atoms with van der Waals surface area (Å²) >= 11 is 22.6. The molecule has 2 aromatic rings. The van der Waals surface area contributed by atoms with Gasteiger partial charge in [-0.2, -0.15) is 0 Å². The summed E-state index contributed by atoms with van der Waals surface area (Å²) in [6, 6.07) is 8.87. The number of hydrogen-bond acceptors (Lipinski definition) is 3. The van der Waals surface area contributed by atoms with E-state index in [1.807, 2.05) is 0 Å². The van der Waals surface area contributed by atoms with E-state index in [2.05, 4.69) is 0 Å². The van der Waals surface area contributed by atoms with Crippen molar-refractivity contribution >= 4 is 56.9 Å². The number of carbonyl (C=O) groups is 2. The summed E-state index contributed by atoms with van der Waals surface area (Å²) in [4.78, 5) is 22.1. The zero-order valence-corrected chi connectivity index (χ0v) is 13.2. The van der Waals surface area contributed by atoms with Gasteiger partial charge in [0.2, 0.25) is 0 Å². The van der Waals surface area contributed by atoms with Crippen molar-refractivity contribution in [2.75, 3.05) is 0 Å². The predicted octanol–water partition coefficient (Wildman–Crippen LogP) is 5.54. The Morgan fingerprint density at radius 3 is 1.43 bits per heavy atom. The lowest BCUT2D eigenvalue weighted by Crippen LogP contribution is -1.93. The second kappa shape index (κ2) is 6.67. The van der Waals surface area contributed by atoms with E-state index in [-0.39, 0.29) is 21.2 Å². The molecule has 0 saturated carbocycles. The van der Waals surface area contributed by atoms with Crippen molar-refractivity contribution in [2.24, 2.45) is 0 Å². The molecular formula is C14H6Cl4O3. The van der Waals surface area contributed by atoms with Crippen LogP contribution in [0.1, 0.15) is 20.7 Å². The SMILES string of the molecule is O=C(Cl)c1ccc(Oc2ccc(C(=O)Cl)c(Cl)c2)cc1Cl. The molecule has 0 atom stereocenters. The van der Waals surface area contributed by atoms with Gasteiger partial charge in [0.15, 0.2) is 0 Å². The molecule has 0 bridgehead atoms. The minimum atomic E-state index is -0.653. The molecule has 0 aliphatic heterocycles. The van der Waals surface area contributed by atoms with Gasteiger partial charge in [0.25, 0.3) is 10.5 Å². The fourth-order valence-electron chi connectivity index (χ4n) is 1.57. The predicted molar refractivity (Wildman–Crippen MR) is 83.3 cm³/mol. The van der Waals surface area contributed by atoms with Crippen LogP contribution in [-0.4, -0.2) is 10.5 Å². The molecule has 2 rings (SSSR count). The highest BCUT2D eigenvalue weighted by atomic mass is 35.5. The molecule has 0 N–H and O–H groups in total.